The number of rotatable bonds is 9. The summed E-state index contributed by atoms with van der Waals surface area (Å²) in [5.41, 5.74) is -0.581. The number of nitrogens with zero attached hydrogens (tertiary/aromatic N) is 3. The van der Waals surface area contributed by atoms with Gasteiger partial charge in [0, 0.05) is 29.8 Å². The van der Waals surface area contributed by atoms with Crippen molar-refractivity contribution in [2.24, 2.45) is 17.3 Å². The van der Waals surface area contributed by atoms with Crippen molar-refractivity contribution < 1.29 is 41.8 Å². The molecule has 1 aromatic carbocycles. The molecule has 16 heteroatoms. The predicted molar refractivity (Wildman–Crippen MR) is 247 cm³/mol. The van der Waals surface area contributed by atoms with Crippen LogP contribution in [0.2, 0.25) is 0 Å². The number of piperidine rings is 1. The van der Waals surface area contributed by atoms with Gasteiger partial charge in [-0.05, 0) is 121 Å². The number of ether oxygens (including phenoxy) is 3. The molecule has 0 radical (unpaired) electrons. The van der Waals surface area contributed by atoms with Gasteiger partial charge in [-0.15, -0.1) is 6.58 Å². The first kappa shape index (κ1) is 45.3. The zero-order chi connectivity index (χ0) is 46.2. The standard InChI is InChI=1S/C50H68N6O9S/c1-5-31-28-50(31,46(59)54-66(61,62)49(3)22-23-49)53-43(57)39-27-35-29-56(39)45(58)42(48(2)20-12-7-13-21-48)52-47(60)65-40-24-30(40)14-8-6-9-16-37-41(36-15-10-11-17-38(36)51-44(37)64-35)63-34-25-32-18-19-33(26-34)55(32)4/h5,10-11,15,17,30-35,39-40,42H,1,6-9,12-14,16,18-29H2,2-4H3,(H,52,60)(H,53,57)(H,54,59)/t30?,31-,32?,33?,34?,35?,39?,40?,42?,50-/m1/s1. The molecule has 7 fully saturated rings. The molecule has 8 aliphatic rings. The van der Waals surface area contributed by atoms with Crippen molar-refractivity contribution in [1.82, 2.24) is 30.1 Å². The number of aromatic nitrogens is 1. The van der Waals surface area contributed by atoms with Crippen LogP contribution in [0.15, 0.2) is 36.9 Å². The number of alkyl carbamates (subject to hydrolysis) is 1. The predicted octanol–water partition coefficient (Wildman–Crippen LogP) is 6.22. The Bertz CT molecular complexity index is 2370. The fraction of sp³-hybridized carbons (Fsp3) is 0.700. The van der Waals surface area contributed by atoms with E-state index in [1.807, 2.05) is 25.1 Å². The van der Waals surface area contributed by atoms with E-state index in [0.29, 0.717) is 50.1 Å². The highest BCUT2D eigenvalue weighted by atomic mass is 32.2. The van der Waals surface area contributed by atoms with Gasteiger partial charge in [-0.1, -0.05) is 57.2 Å². The van der Waals surface area contributed by atoms with Crippen LogP contribution in [0.5, 0.6) is 11.6 Å². The highest BCUT2D eigenvalue weighted by molar-refractivity contribution is 7.91. The Morgan fingerprint density at radius 1 is 0.939 bits per heavy atom. The SMILES string of the molecule is C=C[C@@H]1C[C@]1(NC(=O)C1CC2CN1C(=O)C(C1(C)CCCCC1)NC(=O)OC1CC1CCCCCc1c(nc3ccccc3c1OC1CC3CCC(C1)N3C)O2)C(=O)NS(=O)(=O)C1(C)CC1. The molecule has 3 saturated heterocycles. The Morgan fingerprint density at radius 3 is 2.38 bits per heavy atom. The number of fused-ring (bicyclic) bond motifs is 7. The highest BCUT2D eigenvalue weighted by Crippen LogP contribution is 2.48. The third-order valence-corrected chi connectivity index (χ3v) is 19.2. The number of carbonyl (C=O) groups is 4. The molecule has 15 nitrogen and oxygen atoms in total. The summed E-state index contributed by atoms with van der Waals surface area (Å²) in [6, 6.07) is 6.80. The minimum atomic E-state index is -4.01. The number of nitrogens with one attached hydrogen (secondary N) is 3. The number of amides is 4. The second kappa shape index (κ2) is 17.3. The van der Waals surface area contributed by atoms with Gasteiger partial charge in [-0.3, -0.25) is 19.1 Å². The summed E-state index contributed by atoms with van der Waals surface area (Å²) in [4.78, 5) is 67.2. The van der Waals surface area contributed by atoms with E-state index in [9.17, 15) is 22.8 Å². The summed E-state index contributed by atoms with van der Waals surface area (Å²) >= 11 is 0. The van der Waals surface area contributed by atoms with Crippen molar-refractivity contribution in [3.63, 3.8) is 0 Å². The van der Waals surface area contributed by atoms with Crippen LogP contribution >= 0.6 is 0 Å². The van der Waals surface area contributed by atoms with E-state index in [2.05, 4.69) is 39.9 Å². The fourth-order valence-corrected chi connectivity index (χ4v) is 13.4. The van der Waals surface area contributed by atoms with E-state index in [1.165, 1.54) is 17.7 Å². The lowest BCUT2D eigenvalue weighted by Gasteiger charge is -2.42. The van der Waals surface area contributed by atoms with Gasteiger partial charge in [0.15, 0.2) is 0 Å². The zero-order valence-corrected chi connectivity index (χ0v) is 39.7. The van der Waals surface area contributed by atoms with Crippen molar-refractivity contribution in [1.29, 1.82) is 0 Å². The van der Waals surface area contributed by atoms with E-state index in [1.54, 1.807) is 13.0 Å². The Kier molecular flexibility index (Phi) is 11.9. The van der Waals surface area contributed by atoms with Gasteiger partial charge in [-0.25, -0.2) is 18.2 Å². The Morgan fingerprint density at radius 2 is 1.67 bits per heavy atom. The molecule has 3 N–H and O–H groups in total. The van der Waals surface area contributed by atoms with Crippen molar-refractivity contribution in [2.75, 3.05) is 13.6 Å². The number of hydrogen-bond acceptors (Lipinski definition) is 11. The molecular weight excluding hydrogens is 861 g/mol. The van der Waals surface area contributed by atoms with Crippen LogP contribution in [0.25, 0.3) is 10.9 Å². The van der Waals surface area contributed by atoms with Crippen LogP contribution in [0.4, 0.5) is 4.79 Å². The summed E-state index contributed by atoms with van der Waals surface area (Å²) in [6.45, 7) is 7.51. The van der Waals surface area contributed by atoms with Crippen LogP contribution in [0.1, 0.15) is 135 Å². The summed E-state index contributed by atoms with van der Waals surface area (Å²) in [5, 5.41) is 6.88. The van der Waals surface area contributed by atoms with Gasteiger partial charge in [0.25, 0.3) is 5.91 Å². The molecular formula is C50H68N6O9S. The molecule has 4 saturated carbocycles. The van der Waals surface area contributed by atoms with Crippen molar-refractivity contribution in [2.45, 2.75) is 189 Å². The van der Waals surface area contributed by atoms with Gasteiger partial charge in [-0.2, -0.15) is 0 Å². The van der Waals surface area contributed by atoms with Crippen LogP contribution in [0, 0.1) is 17.3 Å². The number of benzene rings is 1. The normalized spacial score (nSPS) is 35.1. The van der Waals surface area contributed by atoms with Crippen LogP contribution in [-0.2, 0) is 35.6 Å². The third-order valence-electron chi connectivity index (χ3n) is 17.1. The van der Waals surface area contributed by atoms with E-state index in [-0.39, 0.29) is 37.5 Å². The second-order valence-corrected chi connectivity index (χ2v) is 23.9. The lowest BCUT2D eigenvalue weighted by Crippen LogP contribution is -2.61. The first-order valence-corrected chi connectivity index (χ1v) is 26.3. The number of carbonyl (C=O) groups excluding carboxylic acids is 4. The molecule has 358 valence electrons. The summed E-state index contributed by atoms with van der Waals surface area (Å²) in [6.07, 6.45) is 14.7. The van der Waals surface area contributed by atoms with E-state index in [0.717, 1.165) is 86.4 Å². The minimum absolute atomic E-state index is 0.00417. The molecule has 1 aromatic heterocycles. The summed E-state index contributed by atoms with van der Waals surface area (Å²) in [7, 11) is -1.79. The smallest absolute Gasteiger partial charge is 0.408 e. The molecule has 5 heterocycles. The van der Waals surface area contributed by atoms with Gasteiger partial charge in [0.05, 0.1) is 22.4 Å². The van der Waals surface area contributed by atoms with Crippen molar-refractivity contribution >= 4 is 44.7 Å². The molecule has 4 aliphatic heterocycles. The van der Waals surface area contributed by atoms with Gasteiger partial charge in [0.2, 0.25) is 27.7 Å². The molecule has 4 bridgehead atoms. The lowest BCUT2D eigenvalue weighted by molar-refractivity contribution is -0.143. The van der Waals surface area contributed by atoms with E-state index in [4.69, 9.17) is 19.2 Å². The van der Waals surface area contributed by atoms with Crippen molar-refractivity contribution in [3.8, 4) is 11.6 Å². The Balaban J connectivity index is 1.01. The monoisotopic (exact) mass is 928 g/mol. The third kappa shape index (κ3) is 8.55. The number of para-hydroxylation sites is 1. The number of pyridine rings is 1. The molecule has 0 spiro atoms. The molecule has 4 amide bonds. The first-order valence-electron chi connectivity index (χ1n) is 24.9. The zero-order valence-electron chi connectivity index (χ0n) is 38.9. The molecule has 10 rings (SSSR count). The van der Waals surface area contributed by atoms with Crippen molar-refractivity contribution in [3.05, 3.63) is 42.5 Å². The van der Waals surface area contributed by atoms with Gasteiger partial charge in [0.1, 0.15) is 41.7 Å². The topological polar surface area (TPSA) is 186 Å². The molecule has 9 atom stereocenters. The van der Waals surface area contributed by atoms with E-state index < -0.39 is 73.6 Å². The van der Waals surface area contributed by atoms with Crippen LogP contribution < -0.4 is 24.8 Å². The number of hydrogen-bond donors (Lipinski definition) is 3. The largest absolute Gasteiger partial charge is 0.489 e. The molecule has 2 aromatic rings. The lowest BCUT2D eigenvalue weighted by atomic mass is 9.70. The Labute approximate surface area is 388 Å². The van der Waals surface area contributed by atoms with Gasteiger partial charge >= 0.3 is 6.09 Å². The van der Waals surface area contributed by atoms with Gasteiger partial charge < -0.3 is 34.6 Å². The molecule has 4 aliphatic carbocycles. The average molecular weight is 929 g/mol. The first-order chi connectivity index (χ1) is 31.6. The minimum Gasteiger partial charge on any atom is -0.489 e. The number of sulfonamides is 1. The maximum atomic E-state index is 15.4. The second-order valence-electron chi connectivity index (χ2n) is 21.7. The Hall–Kier alpha value is -4.44. The maximum absolute atomic E-state index is 15.4. The van der Waals surface area contributed by atoms with Crippen LogP contribution in [-0.4, -0.2) is 113 Å². The summed E-state index contributed by atoms with van der Waals surface area (Å²) in [5.74, 6) is -0.920. The quantitative estimate of drug-likeness (QED) is 0.243. The molecule has 66 heavy (non-hydrogen) atoms. The summed E-state index contributed by atoms with van der Waals surface area (Å²) < 4.78 is 47.9. The van der Waals surface area contributed by atoms with Crippen LogP contribution in [0.3, 0.4) is 0 Å². The maximum Gasteiger partial charge on any atom is 0.408 e. The molecule has 7 unspecified atom stereocenters. The highest BCUT2D eigenvalue weighted by Gasteiger charge is 2.63. The fourth-order valence-electron chi connectivity index (χ4n) is 12.1. The van der Waals surface area contributed by atoms with E-state index >= 15 is 4.79 Å². The average Bonchev–Trinajstić information content (AvgIpc) is 4.25.